The van der Waals surface area contributed by atoms with Crippen molar-refractivity contribution >= 4 is 29.2 Å². The number of carbonyl (C=O) groups excluding carboxylic acids is 1. The molecular formula is C25H33ClFN5O4. The Morgan fingerprint density at radius 3 is 2.53 bits per heavy atom. The van der Waals surface area contributed by atoms with E-state index in [0.717, 1.165) is 5.56 Å². The molecule has 0 spiro atoms. The summed E-state index contributed by atoms with van der Waals surface area (Å²) in [6.07, 6.45) is 2.46. The standard InChI is InChI=1S/C25H33ClFN5O4/c1-25(2,3)36-24(33)32-6-4-16(5-7-32)17-12-19(27)21(20(28)13-17)35-14-18-22(26)29-15-30-23(18)31-8-10-34-11-9-31/h12-13,15-16H,4-11,14,28H2,1-3H3. The fraction of sp³-hybridized carbons (Fsp3) is 0.560. The topological polar surface area (TPSA) is 103 Å². The SMILES string of the molecule is CC(C)(C)OC(=O)N1CCC(c2cc(N)c(OCc3c(Cl)ncnc3N3CCOCC3)c(F)c2)CC1. The second-order valence-electron chi connectivity index (χ2n) is 10.0. The van der Waals surface area contributed by atoms with Crippen LogP contribution in [0, 0.1) is 5.82 Å². The van der Waals surface area contributed by atoms with E-state index >= 15 is 4.39 Å². The molecule has 2 aliphatic rings. The zero-order chi connectivity index (χ0) is 25.9. The molecule has 196 valence electrons. The first-order valence-corrected chi connectivity index (χ1v) is 12.5. The van der Waals surface area contributed by atoms with Gasteiger partial charge in [0.15, 0.2) is 11.6 Å². The zero-order valence-electron chi connectivity index (χ0n) is 20.9. The highest BCUT2D eigenvalue weighted by atomic mass is 35.5. The van der Waals surface area contributed by atoms with Gasteiger partial charge in [0.1, 0.15) is 29.5 Å². The number of hydrogen-bond donors (Lipinski definition) is 1. The number of aromatic nitrogens is 2. The normalized spacial score (nSPS) is 17.2. The molecule has 2 fully saturated rings. The predicted octanol–water partition coefficient (Wildman–Crippen LogP) is 4.38. The lowest BCUT2D eigenvalue weighted by Gasteiger charge is -2.33. The summed E-state index contributed by atoms with van der Waals surface area (Å²) in [6.45, 7) is 9.08. The number of amides is 1. The Kier molecular flexibility index (Phi) is 8.04. The average molecular weight is 522 g/mol. The van der Waals surface area contributed by atoms with Crippen molar-refractivity contribution in [3.05, 3.63) is 40.6 Å². The molecule has 2 aliphatic heterocycles. The smallest absolute Gasteiger partial charge is 0.410 e. The van der Waals surface area contributed by atoms with Crippen molar-refractivity contribution in [2.45, 2.75) is 51.7 Å². The molecule has 1 aromatic heterocycles. The summed E-state index contributed by atoms with van der Waals surface area (Å²) in [5.74, 6) is 0.156. The van der Waals surface area contributed by atoms with E-state index in [1.807, 2.05) is 25.7 Å². The van der Waals surface area contributed by atoms with Crippen LogP contribution in [0.5, 0.6) is 5.75 Å². The van der Waals surface area contributed by atoms with Crippen LogP contribution in [-0.2, 0) is 16.1 Å². The Hall–Kier alpha value is -2.85. The van der Waals surface area contributed by atoms with Crippen LogP contribution in [0.4, 0.5) is 20.7 Å². The van der Waals surface area contributed by atoms with Gasteiger partial charge >= 0.3 is 6.09 Å². The van der Waals surface area contributed by atoms with E-state index < -0.39 is 11.4 Å². The second-order valence-corrected chi connectivity index (χ2v) is 10.4. The molecule has 0 bridgehead atoms. The van der Waals surface area contributed by atoms with Crippen molar-refractivity contribution in [2.24, 2.45) is 0 Å². The Morgan fingerprint density at radius 1 is 1.19 bits per heavy atom. The predicted molar refractivity (Wildman–Crippen MR) is 135 cm³/mol. The van der Waals surface area contributed by atoms with E-state index in [1.54, 1.807) is 11.0 Å². The summed E-state index contributed by atoms with van der Waals surface area (Å²) < 4.78 is 31.8. The van der Waals surface area contributed by atoms with Crippen LogP contribution in [0.2, 0.25) is 5.15 Å². The van der Waals surface area contributed by atoms with Crippen LogP contribution < -0.4 is 15.4 Å². The number of morpholine rings is 1. The van der Waals surface area contributed by atoms with Crippen molar-refractivity contribution < 1.29 is 23.4 Å². The van der Waals surface area contributed by atoms with E-state index in [0.29, 0.717) is 63.6 Å². The maximum absolute atomic E-state index is 15.1. The number of rotatable bonds is 5. The molecular weight excluding hydrogens is 489 g/mol. The van der Waals surface area contributed by atoms with Gasteiger partial charge in [-0.05, 0) is 57.2 Å². The van der Waals surface area contributed by atoms with E-state index in [2.05, 4.69) is 9.97 Å². The number of piperidine rings is 1. The quantitative estimate of drug-likeness (QED) is 0.456. The van der Waals surface area contributed by atoms with Crippen molar-refractivity contribution in [3.63, 3.8) is 0 Å². The molecule has 1 amide bonds. The van der Waals surface area contributed by atoms with Crippen LogP contribution in [-0.4, -0.2) is 66.0 Å². The van der Waals surface area contributed by atoms with E-state index in [-0.39, 0.29) is 35.2 Å². The number of nitrogen functional groups attached to an aromatic ring is 1. The van der Waals surface area contributed by atoms with Crippen LogP contribution >= 0.6 is 11.6 Å². The maximum atomic E-state index is 15.1. The number of hydrogen-bond acceptors (Lipinski definition) is 8. The van der Waals surface area contributed by atoms with Gasteiger partial charge in [-0.3, -0.25) is 0 Å². The number of nitrogens with two attached hydrogens (primary N) is 1. The molecule has 11 heteroatoms. The lowest BCUT2D eigenvalue weighted by Crippen LogP contribution is -2.41. The van der Waals surface area contributed by atoms with Gasteiger partial charge in [0.25, 0.3) is 0 Å². The van der Waals surface area contributed by atoms with Crippen molar-refractivity contribution in [1.82, 2.24) is 14.9 Å². The number of ether oxygens (including phenoxy) is 3. The van der Waals surface area contributed by atoms with Gasteiger partial charge in [-0.15, -0.1) is 0 Å². The van der Waals surface area contributed by atoms with Crippen molar-refractivity contribution in [1.29, 1.82) is 0 Å². The van der Waals surface area contributed by atoms with Crippen molar-refractivity contribution in [3.8, 4) is 5.75 Å². The Morgan fingerprint density at radius 2 is 1.89 bits per heavy atom. The monoisotopic (exact) mass is 521 g/mol. The lowest BCUT2D eigenvalue weighted by atomic mass is 9.89. The Balaban J connectivity index is 1.42. The van der Waals surface area contributed by atoms with Crippen molar-refractivity contribution in [2.75, 3.05) is 50.0 Å². The number of anilines is 2. The van der Waals surface area contributed by atoms with E-state index in [9.17, 15) is 4.79 Å². The zero-order valence-corrected chi connectivity index (χ0v) is 21.7. The number of halogens is 2. The minimum atomic E-state index is -0.541. The van der Waals surface area contributed by atoms with Gasteiger partial charge in [-0.2, -0.15) is 0 Å². The molecule has 4 rings (SSSR count). The summed E-state index contributed by atoms with van der Waals surface area (Å²) in [4.78, 5) is 24.5. The minimum absolute atomic E-state index is 0.0267. The summed E-state index contributed by atoms with van der Waals surface area (Å²) in [5, 5.41) is 0.249. The summed E-state index contributed by atoms with van der Waals surface area (Å²) in [6, 6.07) is 3.21. The second kappa shape index (κ2) is 11.0. The third-order valence-corrected chi connectivity index (χ3v) is 6.58. The van der Waals surface area contributed by atoms with Gasteiger partial charge < -0.3 is 29.7 Å². The summed E-state index contributed by atoms with van der Waals surface area (Å²) in [7, 11) is 0. The fourth-order valence-electron chi connectivity index (χ4n) is 4.44. The van der Waals surface area contributed by atoms with E-state index in [1.165, 1.54) is 12.4 Å². The third kappa shape index (κ3) is 6.28. The van der Waals surface area contributed by atoms with Crippen LogP contribution in [0.15, 0.2) is 18.5 Å². The van der Waals surface area contributed by atoms with Crippen LogP contribution in [0.3, 0.4) is 0 Å². The Labute approximate surface area is 215 Å². The minimum Gasteiger partial charge on any atom is -0.483 e. The highest BCUT2D eigenvalue weighted by molar-refractivity contribution is 6.30. The molecule has 1 aromatic carbocycles. The molecule has 0 saturated carbocycles. The fourth-order valence-corrected chi connectivity index (χ4v) is 4.63. The summed E-state index contributed by atoms with van der Waals surface area (Å²) >= 11 is 6.34. The average Bonchev–Trinajstić information content (AvgIpc) is 2.83. The first-order valence-electron chi connectivity index (χ1n) is 12.1. The third-order valence-electron chi connectivity index (χ3n) is 6.25. The van der Waals surface area contributed by atoms with Crippen LogP contribution in [0.1, 0.15) is 50.7 Å². The molecule has 36 heavy (non-hydrogen) atoms. The lowest BCUT2D eigenvalue weighted by molar-refractivity contribution is 0.0204. The first-order chi connectivity index (χ1) is 17.1. The Bertz CT molecular complexity index is 1060. The molecule has 0 atom stereocenters. The highest BCUT2D eigenvalue weighted by Gasteiger charge is 2.28. The van der Waals surface area contributed by atoms with Gasteiger partial charge in [-0.1, -0.05) is 11.6 Å². The molecule has 3 heterocycles. The molecule has 0 aliphatic carbocycles. The van der Waals surface area contributed by atoms with Gasteiger partial charge in [0.05, 0.1) is 24.5 Å². The molecule has 2 saturated heterocycles. The summed E-state index contributed by atoms with van der Waals surface area (Å²) in [5.41, 5.74) is 7.24. The number of likely N-dealkylation sites (tertiary alicyclic amines) is 1. The first kappa shape index (κ1) is 26.2. The molecule has 2 N–H and O–H groups in total. The molecule has 0 unspecified atom stereocenters. The molecule has 2 aromatic rings. The maximum Gasteiger partial charge on any atom is 0.410 e. The molecule has 9 nitrogen and oxygen atoms in total. The van der Waals surface area contributed by atoms with Crippen LogP contribution in [0.25, 0.3) is 0 Å². The van der Waals surface area contributed by atoms with E-state index in [4.69, 9.17) is 31.5 Å². The highest BCUT2D eigenvalue weighted by Crippen LogP contribution is 2.36. The van der Waals surface area contributed by atoms with Gasteiger partial charge in [-0.25, -0.2) is 19.2 Å². The molecule has 0 radical (unpaired) electrons. The number of nitrogens with zero attached hydrogens (tertiary/aromatic N) is 4. The van der Waals surface area contributed by atoms with Gasteiger partial charge in [0.2, 0.25) is 0 Å². The number of benzene rings is 1. The largest absolute Gasteiger partial charge is 0.483 e. The number of carbonyl (C=O) groups is 1. The van der Waals surface area contributed by atoms with Gasteiger partial charge in [0, 0.05) is 26.2 Å².